The SMILES string of the molecule is Cc1cc(Nc2nccc3sccc23)ccc1C(=O)O. The Morgan fingerprint density at radius 2 is 2.15 bits per heavy atom. The number of pyridine rings is 1. The van der Waals surface area contributed by atoms with Crippen molar-refractivity contribution in [3.8, 4) is 0 Å². The van der Waals surface area contributed by atoms with E-state index in [1.54, 1.807) is 36.6 Å². The van der Waals surface area contributed by atoms with E-state index >= 15 is 0 Å². The highest BCUT2D eigenvalue weighted by atomic mass is 32.1. The Hall–Kier alpha value is -2.40. The first kappa shape index (κ1) is 12.6. The number of aromatic nitrogens is 1. The molecule has 0 fully saturated rings. The van der Waals surface area contributed by atoms with E-state index in [4.69, 9.17) is 5.11 Å². The molecule has 2 N–H and O–H groups in total. The van der Waals surface area contributed by atoms with E-state index in [2.05, 4.69) is 10.3 Å². The lowest BCUT2D eigenvalue weighted by Crippen LogP contribution is -2.01. The molecule has 0 spiro atoms. The minimum atomic E-state index is -0.910. The second kappa shape index (κ2) is 4.94. The molecular weight excluding hydrogens is 272 g/mol. The third-order valence-corrected chi connectivity index (χ3v) is 3.98. The molecule has 3 rings (SSSR count). The Kier molecular flexibility index (Phi) is 3.12. The van der Waals surface area contributed by atoms with E-state index in [1.165, 1.54) is 4.70 Å². The second-order valence-corrected chi connectivity index (χ2v) is 5.40. The molecule has 0 aliphatic rings. The standard InChI is InChI=1S/C15H12N2O2S/c1-9-8-10(2-3-11(9)15(18)19)17-14-12-5-7-20-13(12)4-6-16-14/h2-8H,1H3,(H,16,17)(H,18,19). The Morgan fingerprint density at radius 1 is 1.30 bits per heavy atom. The van der Waals surface area contributed by atoms with Crippen LogP contribution in [0, 0.1) is 6.92 Å². The van der Waals surface area contributed by atoms with Crippen molar-refractivity contribution in [1.82, 2.24) is 4.98 Å². The molecule has 100 valence electrons. The van der Waals surface area contributed by atoms with Gasteiger partial charge in [-0.1, -0.05) is 0 Å². The molecule has 3 aromatic rings. The summed E-state index contributed by atoms with van der Waals surface area (Å²) >= 11 is 1.66. The van der Waals surface area contributed by atoms with Crippen LogP contribution in [0.25, 0.3) is 10.1 Å². The Labute approximate surface area is 119 Å². The number of hydrogen-bond donors (Lipinski definition) is 2. The third-order valence-electron chi connectivity index (χ3n) is 3.10. The minimum Gasteiger partial charge on any atom is -0.478 e. The lowest BCUT2D eigenvalue weighted by Gasteiger charge is -2.09. The fourth-order valence-corrected chi connectivity index (χ4v) is 2.89. The Morgan fingerprint density at radius 3 is 2.90 bits per heavy atom. The summed E-state index contributed by atoms with van der Waals surface area (Å²) in [6, 6.07) is 9.17. The molecule has 1 aromatic carbocycles. The quantitative estimate of drug-likeness (QED) is 0.761. The van der Waals surface area contributed by atoms with E-state index in [9.17, 15) is 4.79 Å². The van der Waals surface area contributed by atoms with Gasteiger partial charge in [-0.3, -0.25) is 0 Å². The molecule has 2 heterocycles. The summed E-state index contributed by atoms with van der Waals surface area (Å²) in [6.07, 6.45) is 1.76. The van der Waals surface area contributed by atoms with Crippen LogP contribution in [-0.4, -0.2) is 16.1 Å². The lowest BCUT2D eigenvalue weighted by atomic mass is 10.1. The van der Waals surface area contributed by atoms with E-state index < -0.39 is 5.97 Å². The van der Waals surface area contributed by atoms with Gasteiger partial charge in [0, 0.05) is 22.0 Å². The van der Waals surface area contributed by atoms with Crippen molar-refractivity contribution in [2.24, 2.45) is 0 Å². The maximum atomic E-state index is 11.0. The molecule has 0 saturated heterocycles. The normalized spacial score (nSPS) is 10.7. The largest absolute Gasteiger partial charge is 0.478 e. The number of carboxylic acid groups (broad SMARTS) is 1. The predicted molar refractivity (Wildman–Crippen MR) is 81.0 cm³/mol. The number of anilines is 2. The van der Waals surface area contributed by atoms with E-state index in [0.29, 0.717) is 5.56 Å². The number of carboxylic acids is 1. The fourth-order valence-electron chi connectivity index (χ4n) is 2.11. The van der Waals surface area contributed by atoms with Crippen molar-refractivity contribution < 1.29 is 9.90 Å². The van der Waals surface area contributed by atoms with Crippen LogP contribution in [0.1, 0.15) is 15.9 Å². The highest BCUT2D eigenvalue weighted by molar-refractivity contribution is 7.17. The molecule has 0 unspecified atom stereocenters. The van der Waals surface area contributed by atoms with Gasteiger partial charge in [-0.15, -0.1) is 11.3 Å². The van der Waals surface area contributed by atoms with Gasteiger partial charge in [-0.25, -0.2) is 9.78 Å². The van der Waals surface area contributed by atoms with Crippen LogP contribution >= 0.6 is 11.3 Å². The van der Waals surface area contributed by atoms with Gasteiger partial charge in [-0.2, -0.15) is 0 Å². The molecule has 0 atom stereocenters. The van der Waals surface area contributed by atoms with Gasteiger partial charge in [-0.05, 0) is 48.2 Å². The van der Waals surface area contributed by atoms with E-state index in [-0.39, 0.29) is 0 Å². The maximum absolute atomic E-state index is 11.0. The molecule has 0 bridgehead atoms. The zero-order valence-electron chi connectivity index (χ0n) is 10.8. The van der Waals surface area contributed by atoms with Crippen LogP contribution in [0.15, 0.2) is 41.9 Å². The average Bonchev–Trinajstić information content (AvgIpc) is 2.87. The van der Waals surface area contributed by atoms with Crippen molar-refractivity contribution >= 4 is 38.9 Å². The van der Waals surface area contributed by atoms with Crippen LogP contribution in [0.3, 0.4) is 0 Å². The number of nitrogens with zero attached hydrogens (tertiary/aromatic N) is 1. The topological polar surface area (TPSA) is 62.2 Å². The zero-order valence-corrected chi connectivity index (χ0v) is 11.6. The van der Waals surface area contributed by atoms with Crippen molar-refractivity contribution in [1.29, 1.82) is 0 Å². The number of rotatable bonds is 3. The maximum Gasteiger partial charge on any atom is 0.335 e. The molecule has 5 heteroatoms. The van der Waals surface area contributed by atoms with Gasteiger partial charge in [0.25, 0.3) is 0 Å². The van der Waals surface area contributed by atoms with Crippen LogP contribution in [-0.2, 0) is 0 Å². The zero-order chi connectivity index (χ0) is 14.1. The van der Waals surface area contributed by atoms with Crippen molar-refractivity contribution in [3.63, 3.8) is 0 Å². The Balaban J connectivity index is 1.97. The van der Waals surface area contributed by atoms with Crippen molar-refractivity contribution in [2.45, 2.75) is 6.92 Å². The Bertz CT molecular complexity index is 795. The summed E-state index contributed by atoms with van der Waals surface area (Å²) < 4.78 is 1.17. The first-order valence-corrected chi connectivity index (χ1v) is 6.96. The van der Waals surface area contributed by atoms with Gasteiger partial charge < -0.3 is 10.4 Å². The highest BCUT2D eigenvalue weighted by Gasteiger charge is 2.08. The second-order valence-electron chi connectivity index (χ2n) is 4.45. The lowest BCUT2D eigenvalue weighted by molar-refractivity contribution is 0.0696. The molecule has 0 saturated carbocycles. The first-order valence-electron chi connectivity index (χ1n) is 6.08. The number of carbonyl (C=O) groups is 1. The van der Waals surface area contributed by atoms with E-state index in [1.807, 2.05) is 23.6 Å². The number of hydrogen-bond acceptors (Lipinski definition) is 4. The van der Waals surface area contributed by atoms with Crippen LogP contribution in [0.2, 0.25) is 0 Å². The van der Waals surface area contributed by atoms with Gasteiger partial charge in [0.05, 0.1) is 5.56 Å². The summed E-state index contributed by atoms with van der Waals surface area (Å²) in [7, 11) is 0. The van der Waals surface area contributed by atoms with Gasteiger partial charge in [0.15, 0.2) is 0 Å². The number of aryl methyl sites for hydroxylation is 1. The highest BCUT2D eigenvalue weighted by Crippen LogP contribution is 2.28. The van der Waals surface area contributed by atoms with Gasteiger partial charge >= 0.3 is 5.97 Å². The van der Waals surface area contributed by atoms with Gasteiger partial charge in [0.2, 0.25) is 0 Å². The van der Waals surface area contributed by atoms with Gasteiger partial charge in [0.1, 0.15) is 5.82 Å². The van der Waals surface area contributed by atoms with E-state index in [0.717, 1.165) is 22.5 Å². The molecule has 2 aromatic heterocycles. The number of nitrogens with one attached hydrogen (secondary N) is 1. The number of thiophene rings is 1. The molecule has 0 aliphatic heterocycles. The summed E-state index contributed by atoms with van der Waals surface area (Å²) in [6.45, 7) is 1.78. The minimum absolute atomic E-state index is 0.317. The van der Waals surface area contributed by atoms with Crippen molar-refractivity contribution in [3.05, 3.63) is 53.0 Å². The smallest absolute Gasteiger partial charge is 0.335 e. The first-order chi connectivity index (χ1) is 9.65. The molecule has 0 radical (unpaired) electrons. The monoisotopic (exact) mass is 284 g/mol. The van der Waals surface area contributed by atoms with Crippen LogP contribution in [0.4, 0.5) is 11.5 Å². The molecule has 20 heavy (non-hydrogen) atoms. The summed E-state index contributed by atoms with van der Waals surface area (Å²) in [5.41, 5.74) is 1.87. The molecule has 4 nitrogen and oxygen atoms in total. The van der Waals surface area contributed by atoms with Crippen LogP contribution < -0.4 is 5.32 Å². The predicted octanol–water partition coefficient (Wildman–Crippen LogP) is 4.05. The van der Waals surface area contributed by atoms with Crippen LogP contribution in [0.5, 0.6) is 0 Å². The molecule has 0 amide bonds. The third kappa shape index (κ3) is 2.23. The number of aromatic carboxylic acids is 1. The summed E-state index contributed by atoms with van der Waals surface area (Å²) in [5, 5.41) is 15.4. The van der Waals surface area contributed by atoms with Crippen molar-refractivity contribution in [2.75, 3.05) is 5.32 Å². The summed E-state index contributed by atoms with van der Waals surface area (Å²) in [5.74, 6) is -0.127. The number of benzene rings is 1. The number of fused-ring (bicyclic) bond motifs is 1. The summed E-state index contributed by atoms with van der Waals surface area (Å²) in [4.78, 5) is 15.3. The molecular formula is C15H12N2O2S. The average molecular weight is 284 g/mol. The molecule has 0 aliphatic carbocycles. The fraction of sp³-hybridized carbons (Fsp3) is 0.0667.